The van der Waals surface area contributed by atoms with Crippen molar-refractivity contribution in [3.05, 3.63) is 50.4 Å². The van der Waals surface area contributed by atoms with E-state index in [1.54, 1.807) is 11.3 Å². The maximum atomic E-state index is 11.9. The second-order valence-electron chi connectivity index (χ2n) is 4.64. The van der Waals surface area contributed by atoms with Gasteiger partial charge in [-0.05, 0) is 38.0 Å². The summed E-state index contributed by atoms with van der Waals surface area (Å²) in [6.07, 6.45) is 1.22. The van der Waals surface area contributed by atoms with E-state index in [1.165, 1.54) is 5.56 Å². The van der Waals surface area contributed by atoms with Crippen molar-refractivity contribution in [2.75, 3.05) is 6.54 Å². The van der Waals surface area contributed by atoms with Crippen molar-refractivity contribution >= 4 is 28.8 Å². The van der Waals surface area contributed by atoms with Gasteiger partial charge in [0.1, 0.15) is 0 Å². The first-order valence-electron chi connectivity index (χ1n) is 6.48. The van der Waals surface area contributed by atoms with Crippen LogP contribution in [0.3, 0.4) is 0 Å². The zero-order valence-electron chi connectivity index (χ0n) is 11.6. The lowest BCUT2D eigenvalue weighted by Crippen LogP contribution is -2.27. The van der Waals surface area contributed by atoms with Crippen molar-refractivity contribution in [1.82, 2.24) is 10.3 Å². The lowest BCUT2D eigenvalue weighted by Gasteiger charge is -2.05. The minimum atomic E-state index is 0.0470. The molecule has 0 spiro atoms. The van der Waals surface area contributed by atoms with E-state index < -0.39 is 0 Å². The molecule has 0 unspecified atom stereocenters. The van der Waals surface area contributed by atoms with Crippen LogP contribution in [0.5, 0.6) is 0 Å². The molecule has 0 saturated heterocycles. The molecule has 1 N–H and O–H groups in total. The number of carbonyl (C=O) groups is 1. The summed E-state index contributed by atoms with van der Waals surface area (Å²) in [7, 11) is 0. The number of thiazole rings is 1. The van der Waals surface area contributed by atoms with Gasteiger partial charge in [0.25, 0.3) is 0 Å². The Labute approximate surface area is 128 Å². The first-order chi connectivity index (χ1) is 9.54. The Hall–Kier alpha value is -1.39. The number of aromatic nitrogens is 1. The van der Waals surface area contributed by atoms with Crippen LogP contribution in [0.2, 0.25) is 5.02 Å². The largest absolute Gasteiger partial charge is 0.355 e. The minimum Gasteiger partial charge on any atom is -0.355 e. The average molecular weight is 309 g/mol. The molecule has 3 nitrogen and oxygen atoms in total. The van der Waals surface area contributed by atoms with Gasteiger partial charge >= 0.3 is 0 Å². The fraction of sp³-hybridized carbons (Fsp3) is 0.333. The van der Waals surface area contributed by atoms with Crippen LogP contribution < -0.4 is 5.32 Å². The Bertz CT molecular complexity index is 592. The second kappa shape index (κ2) is 6.86. The summed E-state index contributed by atoms with van der Waals surface area (Å²) in [6, 6.07) is 7.68. The van der Waals surface area contributed by atoms with Crippen LogP contribution in [0.15, 0.2) is 24.3 Å². The third kappa shape index (κ3) is 4.32. The van der Waals surface area contributed by atoms with Crippen molar-refractivity contribution in [2.24, 2.45) is 0 Å². The Morgan fingerprint density at radius 2 is 2.00 bits per heavy atom. The predicted octanol–water partition coefficient (Wildman–Crippen LogP) is 3.31. The van der Waals surface area contributed by atoms with E-state index in [1.807, 2.05) is 38.1 Å². The normalized spacial score (nSPS) is 10.6. The number of hydrogen-bond acceptors (Lipinski definition) is 3. The lowest BCUT2D eigenvalue weighted by atomic mass is 10.1. The van der Waals surface area contributed by atoms with E-state index in [4.69, 9.17) is 11.6 Å². The standard InChI is InChI=1S/C15H17ClN2OS/c1-10-14(20-11(2)18-10)9-15(19)17-8-7-12-3-5-13(16)6-4-12/h3-6H,7-9H2,1-2H3,(H,17,19). The molecule has 0 atom stereocenters. The molecule has 106 valence electrons. The summed E-state index contributed by atoms with van der Waals surface area (Å²) in [5.41, 5.74) is 2.12. The summed E-state index contributed by atoms with van der Waals surface area (Å²) in [6.45, 7) is 4.54. The molecular formula is C15H17ClN2OS. The topological polar surface area (TPSA) is 42.0 Å². The van der Waals surface area contributed by atoms with E-state index in [9.17, 15) is 4.79 Å². The van der Waals surface area contributed by atoms with Gasteiger partial charge in [0.2, 0.25) is 5.91 Å². The number of rotatable bonds is 5. The molecule has 20 heavy (non-hydrogen) atoms. The molecule has 1 aromatic heterocycles. The number of hydrogen-bond donors (Lipinski definition) is 1. The van der Waals surface area contributed by atoms with E-state index >= 15 is 0 Å². The smallest absolute Gasteiger partial charge is 0.225 e. The highest BCUT2D eigenvalue weighted by Crippen LogP contribution is 2.17. The summed E-state index contributed by atoms with van der Waals surface area (Å²) in [4.78, 5) is 17.2. The Kier molecular flexibility index (Phi) is 5.15. The zero-order valence-corrected chi connectivity index (χ0v) is 13.1. The number of nitrogens with one attached hydrogen (secondary N) is 1. The molecule has 1 heterocycles. The zero-order chi connectivity index (χ0) is 14.5. The summed E-state index contributed by atoms with van der Waals surface area (Å²) in [5.74, 6) is 0.0470. The molecule has 2 rings (SSSR count). The molecule has 5 heteroatoms. The van der Waals surface area contributed by atoms with Crippen molar-refractivity contribution in [3.63, 3.8) is 0 Å². The van der Waals surface area contributed by atoms with Gasteiger partial charge in [0, 0.05) is 16.4 Å². The molecule has 1 amide bonds. The van der Waals surface area contributed by atoms with Gasteiger partial charge in [-0.1, -0.05) is 23.7 Å². The molecule has 0 radical (unpaired) electrons. The summed E-state index contributed by atoms with van der Waals surface area (Å²) in [5, 5.41) is 4.67. The third-order valence-corrected chi connectivity index (χ3v) is 4.29. The average Bonchev–Trinajstić information content (AvgIpc) is 2.70. The monoisotopic (exact) mass is 308 g/mol. The molecular weight excluding hydrogens is 292 g/mol. The molecule has 2 aromatic rings. The maximum Gasteiger partial charge on any atom is 0.225 e. The number of nitrogens with zero attached hydrogens (tertiary/aromatic N) is 1. The molecule has 0 fully saturated rings. The number of amides is 1. The number of benzene rings is 1. The highest BCUT2D eigenvalue weighted by atomic mass is 35.5. The van der Waals surface area contributed by atoms with Crippen LogP contribution in [0.4, 0.5) is 0 Å². The van der Waals surface area contributed by atoms with Gasteiger partial charge in [-0.3, -0.25) is 4.79 Å². The van der Waals surface area contributed by atoms with Crippen LogP contribution in [0.25, 0.3) is 0 Å². The molecule has 0 aliphatic carbocycles. The van der Waals surface area contributed by atoms with Crippen LogP contribution in [0, 0.1) is 13.8 Å². The lowest BCUT2D eigenvalue weighted by molar-refractivity contribution is -0.120. The summed E-state index contributed by atoms with van der Waals surface area (Å²) >= 11 is 7.42. The molecule has 0 saturated carbocycles. The fourth-order valence-electron chi connectivity index (χ4n) is 1.94. The Morgan fingerprint density at radius 3 is 2.60 bits per heavy atom. The SMILES string of the molecule is Cc1nc(C)c(CC(=O)NCCc2ccc(Cl)cc2)s1. The minimum absolute atomic E-state index is 0.0470. The van der Waals surface area contributed by atoms with Gasteiger partial charge in [0.05, 0.1) is 17.1 Å². The number of aryl methyl sites for hydroxylation is 2. The predicted molar refractivity (Wildman–Crippen MR) is 83.5 cm³/mol. The Morgan fingerprint density at radius 1 is 1.30 bits per heavy atom. The van der Waals surface area contributed by atoms with Crippen LogP contribution in [-0.4, -0.2) is 17.4 Å². The highest BCUT2D eigenvalue weighted by Gasteiger charge is 2.09. The molecule has 0 aliphatic heterocycles. The van der Waals surface area contributed by atoms with Gasteiger partial charge in [-0.25, -0.2) is 4.98 Å². The number of halogens is 1. The molecule has 0 bridgehead atoms. The maximum absolute atomic E-state index is 11.9. The van der Waals surface area contributed by atoms with E-state index in [2.05, 4.69) is 10.3 Å². The Balaban J connectivity index is 1.78. The van der Waals surface area contributed by atoms with Crippen molar-refractivity contribution in [3.8, 4) is 0 Å². The van der Waals surface area contributed by atoms with Crippen LogP contribution >= 0.6 is 22.9 Å². The first kappa shape index (κ1) is 15.0. The van der Waals surface area contributed by atoms with Gasteiger partial charge in [-0.2, -0.15) is 0 Å². The van der Waals surface area contributed by atoms with Crippen LogP contribution in [-0.2, 0) is 17.6 Å². The van der Waals surface area contributed by atoms with E-state index in [0.29, 0.717) is 13.0 Å². The van der Waals surface area contributed by atoms with Gasteiger partial charge in [0.15, 0.2) is 0 Å². The van der Waals surface area contributed by atoms with Crippen molar-refractivity contribution in [1.29, 1.82) is 0 Å². The third-order valence-electron chi connectivity index (χ3n) is 2.97. The first-order valence-corrected chi connectivity index (χ1v) is 7.68. The van der Waals surface area contributed by atoms with E-state index in [-0.39, 0.29) is 5.91 Å². The highest BCUT2D eigenvalue weighted by molar-refractivity contribution is 7.11. The van der Waals surface area contributed by atoms with Crippen molar-refractivity contribution < 1.29 is 4.79 Å². The fourth-order valence-corrected chi connectivity index (χ4v) is 3.00. The number of carbonyl (C=O) groups excluding carboxylic acids is 1. The van der Waals surface area contributed by atoms with E-state index in [0.717, 1.165) is 27.0 Å². The van der Waals surface area contributed by atoms with Crippen LogP contribution in [0.1, 0.15) is 21.1 Å². The second-order valence-corrected chi connectivity index (χ2v) is 6.37. The quantitative estimate of drug-likeness (QED) is 0.920. The van der Waals surface area contributed by atoms with Crippen molar-refractivity contribution in [2.45, 2.75) is 26.7 Å². The molecule has 1 aromatic carbocycles. The molecule has 0 aliphatic rings. The summed E-state index contributed by atoms with van der Waals surface area (Å²) < 4.78 is 0. The van der Waals surface area contributed by atoms with Gasteiger partial charge in [-0.15, -0.1) is 11.3 Å². The van der Waals surface area contributed by atoms with Gasteiger partial charge < -0.3 is 5.32 Å².